The number of aryl methyl sites for hydroxylation is 1. The molecule has 1 fully saturated rings. The first-order valence-electron chi connectivity index (χ1n) is 8.87. The van der Waals surface area contributed by atoms with Crippen molar-refractivity contribution < 1.29 is 26.3 Å². The van der Waals surface area contributed by atoms with Crippen molar-refractivity contribution in [2.45, 2.75) is 30.3 Å². The highest BCUT2D eigenvalue weighted by atomic mass is 35.5. The fourth-order valence-corrected chi connectivity index (χ4v) is 5.70. The number of nitrogens with zero attached hydrogens (tertiary/aromatic N) is 4. The Morgan fingerprint density at radius 2 is 2.06 bits per heavy atom. The highest BCUT2D eigenvalue weighted by Gasteiger charge is 2.43. The Kier molecular flexibility index (Phi) is 5.62. The number of hydrogen-bond donors (Lipinski definition) is 1. The predicted octanol–water partition coefficient (Wildman–Crippen LogP) is 2.27. The molecule has 3 heterocycles. The van der Waals surface area contributed by atoms with Crippen LogP contribution in [0.3, 0.4) is 0 Å². The van der Waals surface area contributed by atoms with Gasteiger partial charge in [-0.1, -0.05) is 22.9 Å². The zero-order valence-electron chi connectivity index (χ0n) is 15.8. The van der Waals surface area contributed by atoms with Crippen molar-refractivity contribution in [1.29, 1.82) is 0 Å². The van der Waals surface area contributed by atoms with Gasteiger partial charge in [0.05, 0.1) is 34.2 Å². The number of sulfonamides is 1. The van der Waals surface area contributed by atoms with Crippen LogP contribution in [0, 0.1) is 0 Å². The van der Waals surface area contributed by atoms with E-state index in [0.29, 0.717) is 11.3 Å². The van der Waals surface area contributed by atoms with E-state index in [1.807, 2.05) is 0 Å². The monoisotopic (exact) mass is 497 g/mol. The van der Waals surface area contributed by atoms with Crippen LogP contribution in [0.2, 0.25) is 5.02 Å². The van der Waals surface area contributed by atoms with Crippen molar-refractivity contribution in [1.82, 2.24) is 24.1 Å². The fourth-order valence-electron chi connectivity index (χ4n) is 3.21. The molecule has 3 aromatic rings. The topological polar surface area (TPSA) is 108 Å². The van der Waals surface area contributed by atoms with Gasteiger partial charge in [-0.25, -0.2) is 31.0 Å². The van der Waals surface area contributed by atoms with E-state index in [1.54, 1.807) is 6.92 Å². The first kappa shape index (κ1) is 22.2. The highest BCUT2D eigenvalue weighted by molar-refractivity contribution is 7.89. The lowest BCUT2D eigenvalue weighted by molar-refractivity contribution is -0.0725. The minimum absolute atomic E-state index is 0.0378. The summed E-state index contributed by atoms with van der Waals surface area (Å²) in [5.74, 6) is 0. The third-order valence-electron chi connectivity index (χ3n) is 4.75. The summed E-state index contributed by atoms with van der Waals surface area (Å²) < 4.78 is 74.5. The molecule has 15 heteroatoms. The number of fused-ring (bicyclic) bond motifs is 1. The Balaban J connectivity index is 1.92. The lowest BCUT2D eigenvalue weighted by atomic mass is 10.0. The van der Waals surface area contributed by atoms with Crippen LogP contribution in [-0.4, -0.2) is 53.2 Å². The molecule has 0 aliphatic carbocycles. The Hall–Kier alpha value is -2.00. The molecule has 1 aliphatic rings. The van der Waals surface area contributed by atoms with E-state index in [2.05, 4.69) is 14.9 Å². The number of alkyl halides is 3. The van der Waals surface area contributed by atoms with Gasteiger partial charge in [-0.2, -0.15) is 4.72 Å². The van der Waals surface area contributed by atoms with Crippen molar-refractivity contribution in [2.24, 2.45) is 0 Å². The van der Waals surface area contributed by atoms with E-state index in [-0.39, 0.29) is 45.8 Å². The van der Waals surface area contributed by atoms with Gasteiger partial charge in [0.1, 0.15) is 12.2 Å². The minimum Gasteiger partial charge on any atom is -0.377 e. The summed E-state index contributed by atoms with van der Waals surface area (Å²) in [7, 11) is -4.25. The molecule has 31 heavy (non-hydrogen) atoms. The average Bonchev–Trinajstić information content (AvgIpc) is 3.27. The Morgan fingerprint density at radius 1 is 1.35 bits per heavy atom. The molecule has 0 spiro atoms. The molecule has 9 nitrogen and oxygen atoms in total. The summed E-state index contributed by atoms with van der Waals surface area (Å²) in [6.45, 7) is 0.614. The molecule has 1 aromatic carbocycles. The van der Waals surface area contributed by atoms with Gasteiger partial charge in [0.25, 0.3) is 6.43 Å². The molecule has 1 N–H and O–H groups in total. The van der Waals surface area contributed by atoms with Gasteiger partial charge in [-0.05, 0) is 19.1 Å². The molecular formula is C16H15ClF3N5O4S2. The molecule has 0 amide bonds. The quantitative estimate of drug-likeness (QED) is 0.536. The summed E-state index contributed by atoms with van der Waals surface area (Å²) in [6, 6.07) is 2.30. The Morgan fingerprint density at radius 3 is 2.58 bits per heavy atom. The molecule has 4 rings (SSSR count). The van der Waals surface area contributed by atoms with Crippen LogP contribution < -0.4 is 10.4 Å². The zero-order valence-corrected chi connectivity index (χ0v) is 18.2. The SMILES string of the molecule is CCn1c(=O)n(-c2nnc(C(F)F)s2)c2cc(S(=O)(=O)NC3(CF)COC3)cc(Cl)c21. The second-order valence-corrected chi connectivity index (χ2v) is 9.95. The van der Waals surface area contributed by atoms with Crippen molar-refractivity contribution in [2.75, 3.05) is 19.9 Å². The largest absolute Gasteiger partial charge is 0.377 e. The number of imidazole rings is 1. The molecule has 1 aliphatic heterocycles. The maximum Gasteiger partial charge on any atom is 0.335 e. The number of benzene rings is 1. The van der Waals surface area contributed by atoms with E-state index < -0.39 is 39.4 Å². The summed E-state index contributed by atoms with van der Waals surface area (Å²) in [6.07, 6.45) is -2.88. The number of hydrogen-bond acceptors (Lipinski definition) is 7. The smallest absolute Gasteiger partial charge is 0.335 e. The van der Waals surface area contributed by atoms with Crippen molar-refractivity contribution in [3.05, 3.63) is 32.6 Å². The Labute approximate surface area is 182 Å². The van der Waals surface area contributed by atoms with Crippen LogP contribution in [-0.2, 0) is 21.3 Å². The maximum atomic E-state index is 13.4. The van der Waals surface area contributed by atoms with Gasteiger partial charge < -0.3 is 4.74 Å². The molecule has 0 unspecified atom stereocenters. The summed E-state index contributed by atoms with van der Waals surface area (Å²) in [5, 5.41) is 6.21. The van der Waals surface area contributed by atoms with Crippen molar-refractivity contribution in [3.63, 3.8) is 0 Å². The van der Waals surface area contributed by atoms with Gasteiger partial charge in [0, 0.05) is 6.54 Å². The van der Waals surface area contributed by atoms with Crippen LogP contribution in [0.1, 0.15) is 18.4 Å². The van der Waals surface area contributed by atoms with Gasteiger partial charge in [0.15, 0.2) is 5.01 Å². The fraction of sp³-hybridized carbons (Fsp3) is 0.438. The Bertz CT molecular complexity index is 1310. The third-order valence-corrected chi connectivity index (χ3v) is 7.51. The average molecular weight is 498 g/mol. The van der Waals surface area contributed by atoms with Gasteiger partial charge >= 0.3 is 5.69 Å². The van der Waals surface area contributed by atoms with E-state index in [0.717, 1.165) is 16.7 Å². The van der Waals surface area contributed by atoms with E-state index in [9.17, 15) is 26.4 Å². The molecule has 1 saturated heterocycles. The van der Waals surface area contributed by atoms with Crippen LogP contribution in [0.15, 0.2) is 21.8 Å². The summed E-state index contributed by atoms with van der Waals surface area (Å²) in [5.41, 5.74) is -1.78. The summed E-state index contributed by atoms with van der Waals surface area (Å²) in [4.78, 5) is 12.6. The van der Waals surface area contributed by atoms with Gasteiger partial charge in [0.2, 0.25) is 15.2 Å². The minimum atomic E-state index is -4.25. The van der Waals surface area contributed by atoms with E-state index in [4.69, 9.17) is 16.3 Å². The number of halogens is 4. The second kappa shape index (κ2) is 7.85. The second-order valence-electron chi connectivity index (χ2n) is 6.87. The van der Waals surface area contributed by atoms with Crippen molar-refractivity contribution in [3.8, 4) is 5.13 Å². The van der Waals surface area contributed by atoms with Gasteiger partial charge in [-0.15, -0.1) is 10.2 Å². The first-order chi connectivity index (χ1) is 14.6. The normalized spacial score (nSPS) is 16.2. The first-order valence-corrected chi connectivity index (χ1v) is 11.5. The number of ether oxygens (including phenoxy) is 1. The number of nitrogens with one attached hydrogen (secondary N) is 1. The molecular weight excluding hydrogens is 483 g/mol. The van der Waals surface area contributed by atoms with Crippen LogP contribution in [0.5, 0.6) is 0 Å². The maximum absolute atomic E-state index is 13.4. The van der Waals surface area contributed by atoms with Gasteiger partial charge in [-0.3, -0.25) is 4.57 Å². The third kappa shape index (κ3) is 3.65. The standard InChI is InChI=1S/C16H15ClF3N5O4S2/c1-2-24-11-9(17)3-8(31(27,28)23-16(5-18)6-29-7-16)4-10(11)25(15(24)26)14-22-21-13(30-14)12(19)20/h3-4,12,23H,2,5-7H2,1H3. The number of aromatic nitrogens is 4. The molecule has 0 bridgehead atoms. The zero-order chi connectivity index (χ0) is 22.6. The highest BCUT2D eigenvalue weighted by Crippen LogP contribution is 2.32. The van der Waals surface area contributed by atoms with Crippen LogP contribution in [0.4, 0.5) is 13.2 Å². The van der Waals surface area contributed by atoms with Crippen LogP contribution in [0.25, 0.3) is 16.2 Å². The van der Waals surface area contributed by atoms with E-state index >= 15 is 0 Å². The molecule has 168 valence electrons. The van der Waals surface area contributed by atoms with Crippen LogP contribution >= 0.6 is 22.9 Å². The molecule has 2 aromatic heterocycles. The van der Waals surface area contributed by atoms with Crippen molar-refractivity contribution >= 4 is 44.0 Å². The molecule has 0 saturated carbocycles. The lowest BCUT2D eigenvalue weighted by Crippen LogP contribution is -2.63. The molecule has 0 radical (unpaired) electrons. The van der Waals surface area contributed by atoms with E-state index in [1.165, 1.54) is 4.57 Å². The number of rotatable bonds is 7. The molecule has 0 atom stereocenters. The predicted molar refractivity (Wildman–Crippen MR) is 106 cm³/mol. The summed E-state index contributed by atoms with van der Waals surface area (Å²) >= 11 is 6.81. The lowest BCUT2D eigenvalue weighted by Gasteiger charge is -2.39.